The Morgan fingerprint density at radius 3 is 2.38 bits per heavy atom. The molecule has 1 N–H and O–H groups in total. The van der Waals surface area contributed by atoms with Crippen LogP contribution in [0, 0.1) is 17.3 Å². The zero-order chi connectivity index (χ0) is 28.6. The molecular weight excluding hydrogens is 496 g/mol. The van der Waals surface area contributed by atoms with Crippen molar-refractivity contribution in [2.75, 3.05) is 26.3 Å². The highest BCUT2D eigenvalue weighted by Crippen LogP contribution is 2.57. The van der Waals surface area contributed by atoms with Crippen LogP contribution in [0.5, 0.6) is 0 Å². The smallest absolute Gasteiger partial charge is 0.313 e. The summed E-state index contributed by atoms with van der Waals surface area (Å²) in [6.07, 6.45) is 13.1. The molecule has 0 aromatic heterocycles. The Balaban J connectivity index is 1.78. The van der Waals surface area contributed by atoms with Crippen molar-refractivity contribution in [1.82, 2.24) is 9.80 Å². The topological polar surface area (TPSA) is 96.4 Å². The van der Waals surface area contributed by atoms with Gasteiger partial charge in [-0.3, -0.25) is 14.4 Å². The van der Waals surface area contributed by atoms with E-state index in [0.29, 0.717) is 39.0 Å². The standard InChI is InChI=1S/C31H48N2O6/c1-28(2,3)21-29(4,5)33-18-14-16-31-22(23-27(37)38-20-13-9-10-15-30(23,6)39-31)25(35)32(24(31)26(33)36)17-11-7-8-12-19-34/h10,14-16,22-24,34H,7-9,11-13,17-21H2,1-6H3/b15-10-/t22-,23+,24?,30-,31-/m0/s1. The highest BCUT2D eigenvalue weighted by molar-refractivity contribution is 5.99. The molecule has 8 nitrogen and oxygen atoms in total. The van der Waals surface area contributed by atoms with Gasteiger partial charge in [0.25, 0.3) is 0 Å². The molecule has 4 rings (SSSR count). The van der Waals surface area contributed by atoms with Crippen LogP contribution in [0.2, 0.25) is 0 Å². The maximum absolute atomic E-state index is 14.6. The number of amides is 2. The van der Waals surface area contributed by atoms with E-state index in [2.05, 4.69) is 34.6 Å². The van der Waals surface area contributed by atoms with Crippen molar-refractivity contribution in [2.45, 2.75) is 109 Å². The van der Waals surface area contributed by atoms with Crippen LogP contribution in [0.4, 0.5) is 0 Å². The number of hydrogen-bond donors (Lipinski definition) is 1. The summed E-state index contributed by atoms with van der Waals surface area (Å²) in [6, 6.07) is -0.862. The van der Waals surface area contributed by atoms with Gasteiger partial charge >= 0.3 is 5.97 Å². The van der Waals surface area contributed by atoms with Gasteiger partial charge in [-0.1, -0.05) is 57.9 Å². The number of likely N-dealkylation sites (tertiary alicyclic amines) is 1. The fourth-order valence-electron chi connectivity index (χ4n) is 7.56. The van der Waals surface area contributed by atoms with E-state index in [0.717, 1.165) is 25.7 Å². The van der Waals surface area contributed by atoms with E-state index in [9.17, 15) is 14.4 Å². The lowest BCUT2D eigenvalue weighted by Gasteiger charge is -2.45. The van der Waals surface area contributed by atoms with Gasteiger partial charge in [0, 0.05) is 25.2 Å². The third-order valence-electron chi connectivity index (χ3n) is 8.75. The van der Waals surface area contributed by atoms with E-state index in [1.54, 1.807) is 4.90 Å². The zero-order valence-electron chi connectivity index (χ0n) is 24.7. The van der Waals surface area contributed by atoms with Gasteiger partial charge in [-0.05, 0) is 58.3 Å². The molecule has 218 valence electrons. The molecule has 5 atom stereocenters. The average molecular weight is 545 g/mol. The first kappa shape index (κ1) is 29.8. The number of allylic oxidation sites excluding steroid dienone is 1. The van der Waals surface area contributed by atoms with E-state index < -0.39 is 40.6 Å². The third-order valence-corrected chi connectivity index (χ3v) is 8.75. The molecule has 8 heteroatoms. The molecule has 4 aliphatic rings. The molecule has 0 bridgehead atoms. The summed E-state index contributed by atoms with van der Waals surface area (Å²) in [5.41, 5.74) is -2.78. The number of hydrogen-bond acceptors (Lipinski definition) is 6. The second-order valence-electron chi connectivity index (χ2n) is 13.8. The highest BCUT2D eigenvalue weighted by Gasteiger charge is 2.74. The Labute approximate surface area is 233 Å². The summed E-state index contributed by atoms with van der Waals surface area (Å²) in [4.78, 5) is 46.0. The van der Waals surface area contributed by atoms with Crippen LogP contribution in [0.15, 0.2) is 24.3 Å². The van der Waals surface area contributed by atoms with Gasteiger partial charge in [0.15, 0.2) is 0 Å². The molecule has 2 fully saturated rings. The predicted molar refractivity (Wildman–Crippen MR) is 149 cm³/mol. The lowest BCUT2D eigenvalue weighted by molar-refractivity contribution is -0.160. The third kappa shape index (κ3) is 5.56. The lowest BCUT2D eigenvalue weighted by Crippen LogP contribution is -2.60. The Kier molecular flexibility index (Phi) is 8.40. The van der Waals surface area contributed by atoms with Crippen molar-refractivity contribution in [3.63, 3.8) is 0 Å². The summed E-state index contributed by atoms with van der Waals surface area (Å²) < 4.78 is 12.5. The predicted octanol–water partition coefficient (Wildman–Crippen LogP) is 4.02. The number of fused-ring (bicyclic) bond motifs is 2. The monoisotopic (exact) mass is 544 g/mol. The first-order valence-corrected chi connectivity index (χ1v) is 14.7. The first-order chi connectivity index (χ1) is 18.3. The molecular formula is C31H48N2O6. The van der Waals surface area contributed by atoms with E-state index in [-0.39, 0.29) is 23.8 Å². The second-order valence-corrected chi connectivity index (χ2v) is 13.8. The maximum atomic E-state index is 14.6. The zero-order valence-corrected chi connectivity index (χ0v) is 24.7. The highest BCUT2D eigenvalue weighted by atomic mass is 16.6. The number of ether oxygens (including phenoxy) is 2. The molecule has 0 aromatic carbocycles. The van der Waals surface area contributed by atoms with Gasteiger partial charge in [-0.2, -0.15) is 0 Å². The Morgan fingerprint density at radius 2 is 1.69 bits per heavy atom. The molecule has 0 aromatic rings. The molecule has 4 heterocycles. The minimum Gasteiger partial charge on any atom is -0.465 e. The fraction of sp³-hybridized carbons (Fsp3) is 0.774. The van der Waals surface area contributed by atoms with Crippen LogP contribution in [-0.4, -0.2) is 81.8 Å². The summed E-state index contributed by atoms with van der Waals surface area (Å²) in [7, 11) is 0. The van der Waals surface area contributed by atoms with E-state index >= 15 is 0 Å². The summed E-state index contributed by atoms with van der Waals surface area (Å²) in [5, 5.41) is 9.17. The molecule has 2 saturated heterocycles. The lowest BCUT2D eigenvalue weighted by atomic mass is 9.74. The number of carbonyl (C=O) groups excluding carboxylic acids is 3. The summed E-state index contributed by atoms with van der Waals surface area (Å²) >= 11 is 0. The van der Waals surface area contributed by atoms with Crippen molar-refractivity contribution in [1.29, 1.82) is 0 Å². The van der Waals surface area contributed by atoms with E-state index in [4.69, 9.17) is 14.6 Å². The Hall–Kier alpha value is -2.19. The minimum atomic E-state index is -1.26. The van der Waals surface area contributed by atoms with Crippen LogP contribution in [0.25, 0.3) is 0 Å². The van der Waals surface area contributed by atoms with Crippen LogP contribution in [-0.2, 0) is 23.9 Å². The quantitative estimate of drug-likeness (QED) is 0.282. The molecule has 1 unspecified atom stereocenters. The Bertz CT molecular complexity index is 1010. The number of carbonyl (C=O) groups is 3. The first-order valence-electron chi connectivity index (χ1n) is 14.7. The molecule has 1 spiro atoms. The number of nitrogens with zero attached hydrogens (tertiary/aromatic N) is 2. The van der Waals surface area contributed by atoms with Crippen molar-refractivity contribution in [3.05, 3.63) is 24.3 Å². The van der Waals surface area contributed by atoms with Crippen molar-refractivity contribution < 1.29 is 29.0 Å². The average Bonchev–Trinajstić information content (AvgIpc) is 3.16. The van der Waals surface area contributed by atoms with Crippen LogP contribution < -0.4 is 0 Å². The number of aliphatic hydroxyl groups is 1. The molecule has 0 radical (unpaired) electrons. The second kappa shape index (κ2) is 11.0. The number of cyclic esters (lactones) is 1. The number of esters is 1. The van der Waals surface area contributed by atoms with Gasteiger partial charge in [-0.25, -0.2) is 0 Å². The van der Waals surface area contributed by atoms with Crippen LogP contribution in [0.1, 0.15) is 86.5 Å². The SMILES string of the molecule is CC(C)(C)CC(C)(C)N1CC=C[C@]23O[C@@]4(C)/C=C\CCCOC(=O)[C@H]4[C@H]2C(=O)N(CCCCCCO)C3C1=O. The largest absolute Gasteiger partial charge is 0.465 e. The molecule has 39 heavy (non-hydrogen) atoms. The Morgan fingerprint density at radius 1 is 0.974 bits per heavy atom. The summed E-state index contributed by atoms with van der Waals surface area (Å²) in [6.45, 7) is 13.8. The molecule has 4 aliphatic heterocycles. The van der Waals surface area contributed by atoms with Crippen LogP contribution in [0.3, 0.4) is 0 Å². The van der Waals surface area contributed by atoms with Gasteiger partial charge in [0.1, 0.15) is 17.6 Å². The fourth-order valence-corrected chi connectivity index (χ4v) is 7.56. The van der Waals surface area contributed by atoms with Crippen LogP contribution >= 0.6 is 0 Å². The number of aliphatic hydroxyl groups excluding tert-OH is 1. The van der Waals surface area contributed by atoms with E-state index in [1.165, 1.54) is 0 Å². The van der Waals surface area contributed by atoms with Crippen molar-refractivity contribution in [3.8, 4) is 0 Å². The van der Waals surface area contributed by atoms with Gasteiger partial charge in [0.05, 0.1) is 18.1 Å². The number of unbranched alkanes of at least 4 members (excludes halogenated alkanes) is 3. The minimum absolute atomic E-state index is 0.00620. The normalized spacial score (nSPS) is 34.0. The van der Waals surface area contributed by atoms with Gasteiger partial charge < -0.3 is 24.4 Å². The molecule has 2 amide bonds. The number of rotatable bonds is 8. The molecule has 0 aliphatic carbocycles. The van der Waals surface area contributed by atoms with Crippen molar-refractivity contribution in [2.24, 2.45) is 17.3 Å². The molecule has 0 saturated carbocycles. The van der Waals surface area contributed by atoms with Crippen molar-refractivity contribution >= 4 is 17.8 Å². The van der Waals surface area contributed by atoms with Gasteiger partial charge in [-0.15, -0.1) is 0 Å². The van der Waals surface area contributed by atoms with E-state index in [1.807, 2.05) is 36.1 Å². The summed E-state index contributed by atoms with van der Waals surface area (Å²) in [5.74, 6) is -2.46. The van der Waals surface area contributed by atoms with Gasteiger partial charge in [0.2, 0.25) is 11.8 Å². The maximum Gasteiger partial charge on any atom is 0.313 e.